The Morgan fingerprint density at radius 1 is 1.40 bits per heavy atom. The molecule has 1 saturated heterocycles. The van der Waals surface area contributed by atoms with Gasteiger partial charge in [-0.2, -0.15) is 4.98 Å². The van der Waals surface area contributed by atoms with E-state index in [1.54, 1.807) is 0 Å². The highest BCUT2D eigenvalue weighted by molar-refractivity contribution is 5.79. The van der Waals surface area contributed by atoms with Gasteiger partial charge in [-0.1, -0.05) is 18.1 Å². The molecule has 0 aromatic carbocycles. The highest BCUT2D eigenvalue weighted by Crippen LogP contribution is 2.30. The molecule has 1 atom stereocenters. The van der Waals surface area contributed by atoms with Crippen molar-refractivity contribution in [2.45, 2.75) is 45.6 Å². The zero-order valence-corrected chi connectivity index (χ0v) is 14.5. The fourth-order valence-electron chi connectivity index (χ4n) is 3.43. The van der Waals surface area contributed by atoms with Crippen molar-refractivity contribution in [1.29, 1.82) is 0 Å². The summed E-state index contributed by atoms with van der Waals surface area (Å²) in [5, 5.41) is 4.06. The highest BCUT2D eigenvalue weighted by Gasteiger charge is 2.33. The molecule has 0 bridgehead atoms. The molecule has 1 amide bonds. The Labute approximate surface area is 145 Å². The van der Waals surface area contributed by atoms with Crippen molar-refractivity contribution in [3.05, 3.63) is 47.5 Å². The lowest BCUT2D eigenvalue weighted by atomic mass is 10.2. The molecule has 0 saturated carbocycles. The van der Waals surface area contributed by atoms with Gasteiger partial charge in [0.2, 0.25) is 11.8 Å². The molecule has 1 aliphatic rings. The van der Waals surface area contributed by atoms with E-state index >= 15 is 0 Å². The highest BCUT2D eigenvalue weighted by atomic mass is 16.5. The smallest absolute Gasteiger partial charge is 0.229 e. The second-order valence-corrected chi connectivity index (χ2v) is 6.48. The molecule has 25 heavy (non-hydrogen) atoms. The van der Waals surface area contributed by atoms with Crippen LogP contribution in [0.4, 0.5) is 0 Å². The minimum Gasteiger partial charge on any atom is -0.339 e. The average Bonchev–Trinajstić information content (AvgIpc) is 3.33. The molecule has 0 N–H and O–H groups in total. The lowest BCUT2D eigenvalue weighted by Crippen LogP contribution is -2.32. The van der Waals surface area contributed by atoms with Crippen LogP contribution < -0.4 is 0 Å². The summed E-state index contributed by atoms with van der Waals surface area (Å²) in [4.78, 5) is 23.7. The van der Waals surface area contributed by atoms with Gasteiger partial charge in [-0.25, -0.2) is 4.98 Å². The zero-order chi connectivity index (χ0) is 17.4. The largest absolute Gasteiger partial charge is 0.339 e. The Hall–Kier alpha value is -2.70. The number of fused-ring (bicyclic) bond motifs is 1. The van der Waals surface area contributed by atoms with Gasteiger partial charge in [-0.05, 0) is 31.4 Å². The molecule has 0 spiro atoms. The maximum atomic E-state index is 12.8. The number of rotatable bonds is 4. The van der Waals surface area contributed by atoms with Crippen LogP contribution in [-0.4, -0.2) is 36.9 Å². The van der Waals surface area contributed by atoms with E-state index < -0.39 is 0 Å². The van der Waals surface area contributed by atoms with Crippen molar-refractivity contribution < 1.29 is 9.32 Å². The molecule has 4 heterocycles. The van der Waals surface area contributed by atoms with Crippen molar-refractivity contribution in [3.8, 4) is 0 Å². The summed E-state index contributed by atoms with van der Waals surface area (Å²) in [6.07, 6.45) is 6.70. The van der Waals surface area contributed by atoms with Crippen molar-refractivity contribution >= 4 is 11.6 Å². The van der Waals surface area contributed by atoms with Crippen molar-refractivity contribution in [1.82, 2.24) is 24.4 Å². The second kappa shape index (κ2) is 6.31. The first-order valence-corrected chi connectivity index (χ1v) is 8.71. The number of hydrogen-bond acceptors (Lipinski definition) is 5. The maximum Gasteiger partial charge on any atom is 0.229 e. The van der Waals surface area contributed by atoms with Crippen LogP contribution in [0.1, 0.15) is 48.8 Å². The van der Waals surface area contributed by atoms with Crippen molar-refractivity contribution in [3.63, 3.8) is 0 Å². The predicted octanol–water partition coefficient (Wildman–Crippen LogP) is 2.49. The van der Waals surface area contributed by atoms with Gasteiger partial charge in [0.05, 0.1) is 18.2 Å². The fourth-order valence-corrected chi connectivity index (χ4v) is 3.43. The molecular weight excluding hydrogens is 318 g/mol. The average molecular weight is 339 g/mol. The van der Waals surface area contributed by atoms with Gasteiger partial charge in [0.25, 0.3) is 0 Å². The lowest BCUT2D eigenvalue weighted by molar-refractivity contribution is -0.131. The predicted molar refractivity (Wildman–Crippen MR) is 91.0 cm³/mol. The van der Waals surface area contributed by atoms with Gasteiger partial charge < -0.3 is 13.8 Å². The number of carbonyl (C=O) groups excluding carboxylic acids is 1. The molecule has 4 rings (SSSR count). The van der Waals surface area contributed by atoms with Gasteiger partial charge in [-0.3, -0.25) is 4.79 Å². The van der Waals surface area contributed by atoms with E-state index in [9.17, 15) is 4.79 Å². The lowest BCUT2D eigenvalue weighted by Gasteiger charge is -2.21. The molecule has 0 aliphatic carbocycles. The second-order valence-electron chi connectivity index (χ2n) is 6.48. The summed E-state index contributed by atoms with van der Waals surface area (Å²) in [7, 11) is 0. The number of carbonyl (C=O) groups is 1. The SMILES string of the molecule is CCc1nc([C@@H]2CCCN2C(=O)Cc2cn3cccc(C)c3n2)no1. The standard InChI is InChI=1S/C18H21N5O2/c1-3-15-20-17(21-25-15)14-7-5-9-23(14)16(24)10-13-11-22-8-4-6-12(2)18(22)19-13/h4,6,8,11,14H,3,5,7,9-10H2,1-2H3/t14-/m0/s1. The minimum atomic E-state index is -0.0877. The third kappa shape index (κ3) is 2.90. The Balaban J connectivity index is 1.53. The summed E-state index contributed by atoms with van der Waals surface area (Å²) in [5.41, 5.74) is 2.78. The van der Waals surface area contributed by atoms with E-state index in [0.717, 1.165) is 36.3 Å². The first-order chi connectivity index (χ1) is 12.2. The van der Waals surface area contributed by atoms with E-state index in [2.05, 4.69) is 15.1 Å². The van der Waals surface area contributed by atoms with Crippen molar-refractivity contribution in [2.75, 3.05) is 6.54 Å². The van der Waals surface area contributed by atoms with E-state index in [0.29, 0.717) is 18.1 Å². The molecule has 1 aliphatic heterocycles. The monoisotopic (exact) mass is 339 g/mol. The Kier molecular flexibility index (Phi) is 3.99. The summed E-state index contributed by atoms with van der Waals surface area (Å²) >= 11 is 0. The molecule has 0 unspecified atom stereocenters. The molecular formula is C18H21N5O2. The number of aryl methyl sites for hydroxylation is 2. The number of imidazole rings is 1. The van der Waals surface area contributed by atoms with Gasteiger partial charge in [0, 0.05) is 25.4 Å². The first kappa shape index (κ1) is 15.8. The van der Waals surface area contributed by atoms with Crippen LogP contribution in [0.25, 0.3) is 5.65 Å². The van der Waals surface area contributed by atoms with E-state index in [4.69, 9.17) is 4.52 Å². The number of aromatic nitrogens is 4. The van der Waals surface area contributed by atoms with E-state index in [1.165, 1.54) is 0 Å². The number of nitrogens with zero attached hydrogens (tertiary/aromatic N) is 5. The Bertz CT molecular complexity index is 913. The molecule has 7 nitrogen and oxygen atoms in total. The summed E-state index contributed by atoms with van der Waals surface area (Å²) in [6.45, 7) is 4.72. The van der Waals surface area contributed by atoms with Crippen LogP contribution in [-0.2, 0) is 17.6 Å². The van der Waals surface area contributed by atoms with Crippen LogP contribution in [0.5, 0.6) is 0 Å². The third-order valence-corrected chi connectivity index (χ3v) is 4.72. The molecule has 0 radical (unpaired) electrons. The topological polar surface area (TPSA) is 76.5 Å². The normalized spacial score (nSPS) is 17.5. The van der Waals surface area contributed by atoms with Crippen LogP contribution >= 0.6 is 0 Å². The quantitative estimate of drug-likeness (QED) is 0.730. The summed E-state index contributed by atoms with van der Waals surface area (Å²) in [5.74, 6) is 1.30. The zero-order valence-electron chi connectivity index (χ0n) is 14.5. The number of amides is 1. The van der Waals surface area contributed by atoms with E-state index in [-0.39, 0.29) is 18.4 Å². The Morgan fingerprint density at radius 2 is 2.28 bits per heavy atom. The van der Waals surface area contributed by atoms with Gasteiger partial charge in [-0.15, -0.1) is 0 Å². The Morgan fingerprint density at radius 3 is 3.04 bits per heavy atom. The molecule has 3 aromatic heterocycles. The number of hydrogen-bond donors (Lipinski definition) is 0. The van der Waals surface area contributed by atoms with Crippen LogP contribution in [0, 0.1) is 6.92 Å². The molecule has 3 aromatic rings. The fraction of sp³-hybridized carbons (Fsp3) is 0.444. The van der Waals surface area contributed by atoms with Crippen LogP contribution in [0.2, 0.25) is 0 Å². The number of likely N-dealkylation sites (tertiary alicyclic amines) is 1. The summed E-state index contributed by atoms with van der Waals surface area (Å²) < 4.78 is 7.18. The van der Waals surface area contributed by atoms with Gasteiger partial charge >= 0.3 is 0 Å². The third-order valence-electron chi connectivity index (χ3n) is 4.72. The van der Waals surface area contributed by atoms with Crippen molar-refractivity contribution in [2.24, 2.45) is 0 Å². The van der Waals surface area contributed by atoms with Gasteiger partial charge in [0.15, 0.2) is 5.82 Å². The first-order valence-electron chi connectivity index (χ1n) is 8.71. The minimum absolute atomic E-state index is 0.0615. The van der Waals surface area contributed by atoms with Crippen LogP contribution in [0.15, 0.2) is 29.0 Å². The molecule has 7 heteroatoms. The molecule has 1 fully saturated rings. The van der Waals surface area contributed by atoms with E-state index in [1.807, 2.05) is 47.7 Å². The summed E-state index contributed by atoms with van der Waals surface area (Å²) in [6, 6.07) is 3.91. The maximum absolute atomic E-state index is 12.8. The van der Waals surface area contributed by atoms with Crippen LogP contribution in [0.3, 0.4) is 0 Å². The number of pyridine rings is 1. The van der Waals surface area contributed by atoms with Gasteiger partial charge in [0.1, 0.15) is 5.65 Å². The molecule has 130 valence electrons.